The topological polar surface area (TPSA) is 54.0 Å². The monoisotopic (exact) mass is 294 g/mol. The molecule has 0 radical (unpaired) electrons. The minimum Gasteiger partial charge on any atom is -0.493 e. The van der Waals surface area contributed by atoms with Crippen LogP contribution in [0.2, 0.25) is 0 Å². The Morgan fingerprint density at radius 1 is 1.24 bits per heavy atom. The van der Waals surface area contributed by atoms with Gasteiger partial charge in [-0.15, -0.1) is 0 Å². The van der Waals surface area contributed by atoms with Gasteiger partial charge in [0.25, 0.3) is 0 Å². The van der Waals surface area contributed by atoms with Crippen molar-refractivity contribution in [1.29, 1.82) is 0 Å². The van der Waals surface area contributed by atoms with Gasteiger partial charge in [-0.2, -0.15) is 0 Å². The first-order chi connectivity index (χ1) is 10.2. The molecule has 1 atom stereocenters. The molecule has 0 spiro atoms. The summed E-state index contributed by atoms with van der Waals surface area (Å²) in [5, 5.41) is 13.3. The standard InChI is InChI=1S/C16H26N2O3/c1-20-15-7-5-6-13(16(15)21-2)10-17-11-14(19)12-18-8-3-4-9-18/h5-7,14,17,19H,3-4,8-12H2,1-2H3. The van der Waals surface area contributed by atoms with E-state index in [1.807, 2.05) is 18.2 Å². The molecule has 2 rings (SSSR count). The molecule has 1 saturated heterocycles. The van der Waals surface area contributed by atoms with Crippen molar-refractivity contribution in [2.24, 2.45) is 0 Å². The first-order valence-electron chi connectivity index (χ1n) is 7.55. The summed E-state index contributed by atoms with van der Waals surface area (Å²) in [7, 11) is 3.28. The van der Waals surface area contributed by atoms with Gasteiger partial charge in [-0.05, 0) is 32.0 Å². The Bertz CT molecular complexity index is 434. The normalized spacial score (nSPS) is 16.9. The summed E-state index contributed by atoms with van der Waals surface area (Å²) in [6.07, 6.45) is 2.17. The Labute approximate surface area is 126 Å². The van der Waals surface area contributed by atoms with Gasteiger partial charge in [0.1, 0.15) is 0 Å². The molecular weight excluding hydrogens is 268 g/mol. The Morgan fingerprint density at radius 3 is 2.67 bits per heavy atom. The van der Waals surface area contributed by atoms with Gasteiger partial charge in [0.2, 0.25) is 0 Å². The van der Waals surface area contributed by atoms with E-state index in [0.717, 1.165) is 36.7 Å². The third-order valence-electron chi connectivity index (χ3n) is 3.85. The van der Waals surface area contributed by atoms with E-state index in [1.54, 1.807) is 14.2 Å². The van der Waals surface area contributed by atoms with Crippen molar-refractivity contribution in [2.45, 2.75) is 25.5 Å². The number of hydrogen-bond acceptors (Lipinski definition) is 5. The van der Waals surface area contributed by atoms with Crippen LogP contribution in [0.4, 0.5) is 0 Å². The van der Waals surface area contributed by atoms with Crippen molar-refractivity contribution in [3.05, 3.63) is 23.8 Å². The van der Waals surface area contributed by atoms with Crippen LogP contribution < -0.4 is 14.8 Å². The molecule has 0 aromatic heterocycles. The van der Waals surface area contributed by atoms with Crippen molar-refractivity contribution in [1.82, 2.24) is 10.2 Å². The van der Waals surface area contributed by atoms with Crippen LogP contribution in [0.1, 0.15) is 18.4 Å². The molecule has 0 aliphatic carbocycles. The maximum Gasteiger partial charge on any atom is 0.165 e. The first-order valence-corrected chi connectivity index (χ1v) is 7.55. The highest BCUT2D eigenvalue weighted by Crippen LogP contribution is 2.30. The van der Waals surface area contributed by atoms with Gasteiger partial charge in [-0.1, -0.05) is 12.1 Å². The zero-order valence-electron chi connectivity index (χ0n) is 13.0. The van der Waals surface area contributed by atoms with E-state index in [9.17, 15) is 5.11 Å². The predicted octanol–water partition coefficient (Wildman–Crippen LogP) is 1.25. The van der Waals surface area contributed by atoms with Crippen LogP contribution in [0, 0.1) is 0 Å². The van der Waals surface area contributed by atoms with Crippen LogP contribution in [-0.4, -0.2) is 56.5 Å². The van der Waals surface area contributed by atoms with Crippen LogP contribution in [0.5, 0.6) is 11.5 Å². The minimum absolute atomic E-state index is 0.334. The number of benzene rings is 1. The maximum absolute atomic E-state index is 10.1. The first kappa shape index (κ1) is 16.1. The third-order valence-corrected chi connectivity index (χ3v) is 3.85. The predicted molar refractivity (Wildman–Crippen MR) is 82.9 cm³/mol. The van der Waals surface area contributed by atoms with Crippen molar-refractivity contribution in [2.75, 3.05) is 40.4 Å². The lowest BCUT2D eigenvalue weighted by atomic mass is 10.2. The number of β-amino-alcohol motifs (C(OH)–C–C–N with tert-alkyl or cyclic N) is 1. The lowest BCUT2D eigenvalue weighted by Gasteiger charge is -2.20. The Morgan fingerprint density at radius 2 is 2.00 bits per heavy atom. The number of nitrogens with zero attached hydrogens (tertiary/aromatic N) is 1. The average molecular weight is 294 g/mol. The molecule has 0 amide bonds. The molecule has 5 heteroatoms. The van der Waals surface area contributed by atoms with E-state index < -0.39 is 0 Å². The molecular formula is C16H26N2O3. The second-order valence-electron chi connectivity index (χ2n) is 5.45. The van der Waals surface area contributed by atoms with Crippen LogP contribution in [0.25, 0.3) is 0 Å². The highest BCUT2D eigenvalue weighted by atomic mass is 16.5. The summed E-state index contributed by atoms with van der Waals surface area (Å²) >= 11 is 0. The SMILES string of the molecule is COc1cccc(CNCC(O)CN2CCCC2)c1OC. The number of rotatable bonds is 8. The van der Waals surface area contributed by atoms with Crippen molar-refractivity contribution in [3.63, 3.8) is 0 Å². The van der Waals surface area contributed by atoms with Crippen LogP contribution >= 0.6 is 0 Å². The number of aliphatic hydroxyl groups excluding tert-OH is 1. The number of likely N-dealkylation sites (tertiary alicyclic amines) is 1. The summed E-state index contributed by atoms with van der Waals surface area (Å²) in [4.78, 5) is 2.32. The highest BCUT2D eigenvalue weighted by molar-refractivity contribution is 5.46. The van der Waals surface area contributed by atoms with Gasteiger partial charge >= 0.3 is 0 Å². The van der Waals surface area contributed by atoms with E-state index in [4.69, 9.17) is 9.47 Å². The zero-order chi connectivity index (χ0) is 15.1. The molecule has 1 unspecified atom stereocenters. The molecule has 118 valence electrons. The van der Waals surface area contributed by atoms with Crippen LogP contribution in [0.15, 0.2) is 18.2 Å². The summed E-state index contributed by atoms with van der Waals surface area (Å²) in [6.45, 7) is 4.21. The highest BCUT2D eigenvalue weighted by Gasteiger charge is 2.15. The number of para-hydroxylation sites is 1. The second-order valence-corrected chi connectivity index (χ2v) is 5.45. The van der Waals surface area contributed by atoms with Crippen LogP contribution in [-0.2, 0) is 6.54 Å². The largest absolute Gasteiger partial charge is 0.493 e. The summed E-state index contributed by atoms with van der Waals surface area (Å²) in [6, 6.07) is 5.82. The smallest absolute Gasteiger partial charge is 0.165 e. The number of ether oxygens (including phenoxy) is 2. The fraction of sp³-hybridized carbons (Fsp3) is 0.625. The Hall–Kier alpha value is -1.30. The van der Waals surface area contributed by atoms with E-state index in [2.05, 4.69) is 10.2 Å². The molecule has 0 saturated carbocycles. The zero-order valence-corrected chi connectivity index (χ0v) is 13.0. The number of aliphatic hydroxyl groups is 1. The summed E-state index contributed by atoms with van der Waals surface area (Å²) in [5.41, 5.74) is 1.03. The van der Waals surface area contributed by atoms with E-state index in [1.165, 1.54) is 12.8 Å². The molecule has 1 heterocycles. The second kappa shape index (κ2) is 8.22. The van der Waals surface area contributed by atoms with E-state index in [0.29, 0.717) is 13.1 Å². The molecule has 5 nitrogen and oxygen atoms in total. The quantitative estimate of drug-likeness (QED) is 0.756. The van der Waals surface area contributed by atoms with Crippen molar-refractivity contribution >= 4 is 0 Å². The lowest BCUT2D eigenvalue weighted by molar-refractivity contribution is 0.123. The molecule has 1 aliphatic heterocycles. The number of nitrogens with one attached hydrogen (secondary N) is 1. The van der Waals surface area contributed by atoms with Gasteiger partial charge in [-0.3, -0.25) is 0 Å². The molecule has 0 bridgehead atoms. The molecule has 1 fully saturated rings. The average Bonchev–Trinajstić information content (AvgIpc) is 2.99. The number of methoxy groups -OCH3 is 2. The van der Waals surface area contributed by atoms with Gasteiger partial charge in [0.15, 0.2) is 11.5 Å². The van der Waals surface area contributed by atoms with Crippen molar-refractivity contribution in [3.8, 4) is 11.5 Å². The van der Waals surface area contributed by atoms with Crippen molar-refractivity contribution < 1.29 is 14.6 Å². The Balaban J connectivity index is 1.79. The molecule has 1 aromatic rings. The third kappa shape index (κ3) is 4.59. The number of hydrogen-bond donors (Lipinski definition) is 2. The fourth-order valence-electron chi connectivity index (χ4n) is 2.79. The molecule has 21 heavy (non-hydrogen) atoms. The van der Waals surface area contributed by atoms with Gasteiger partial charge in [0, 0.05) is 25.2 Å². The van der Waals surface area contributed by atoms with E-state index in [-0.39, 0.29) is 6.10 Å². The van der Waals surface area contributed by atoms with E-state index >= 15 is 0 Å². The molecule has 1 aromatic carbocycles. The lowest BCUT2D eigenvalue weighted by Crippen LogP contribution is -2.36. The van der Waals surface area contributed by atoms with Gasteiger partial charge in [-0.25, -0.2) is 0 Å². The van der Waals surface area contributed by atoms with Crippen LogP contribution in [0.3, 0.4) is 0 Å². The summed E-state index contributed by atoms with van der Waals surface area (Å²) < 4.78 is 10.7. The Kier molecular flexibility index (Phi) is 6.29. The molecule has 2 N–H and O–H groups in total. The maximum atomic E-state index is 10.1. The fourth-order valence-corrected chi connectivity index (χ4v) is 2.79. The minimum atomic E-state index is -0.334. The van der Waals surface area contributed by atoms with Gasteiger partial charge in [0.05, 0.1) is 20.3 Å². The summed E-state index contributed by atoms with van der Waals surface area (Å²) in [5.74, 6) is 1.48. The molecule has 1 aliphatic rings. The van der Waals surface area contributed by atoms with Gasteiger partial charge < -0.3 is 24.8 Å².